The molecule has 2 rings (SSSR count). The zero-order chi connectivity index (χ0) is 23.0. The van der Waals surface area contributed by atoms with Gasteiger partial charge in [0.25, 0.3) is 5.91 Å². The molecule has 31 heavy (non-hydrogen) atoms. The lowest BCUT2D eigenvalue weighted by molar-refractivity contribution is -0.116. The third-order valence-corrected chi connectivity index (χ3v) is 6.21. The van der Waals surface area contributed by atoms with Crippen molar-refractivity contribution in [2.45, 2.75) is 26.7 Å². The minimum atomic E-state index is -3.51. The molecule has 2 amide bonds. The predicted octanol–water partition coefficient (Wildman–Crippen LogP) is 4.01. The Bertz CT molecular complexity index is 1010. The highest BCUT2D eigenvalue weighted by Crippen LogP contribution is 2.22. The number of nitrogens with zero attached hydrogens (tertiary/aromatic N) is 2. The Labute approximate surface area is 189 Å². The van der Waals surface area contributed by atoms with Gasteiger partial charge in [-0.05, 0) is 56.7 Å². The van der Waals surface area contributed by atoms with Gasteiger partial charge in [-0.1, -0.05) is 23.7 Å². The molecule has 7 nitrogen and oxygen atoms in total. The first-order valence-corrected chi connectivity index (χ1v) is 12.3. The normalized spacial score (nSPS) is 11.1. The van der Waals surface area contributed by atoms with E-state index in [2.05, 4.69) is 5.32 Å². The van der Waals surface area contributed by atoms with Crippen molar-refractivity contribution in [2.24, 2.45) is 0 Å². The van der Waals surface area contributed by atoms with E-state index in [-0.39, 0.29) is 24.8 Å². The van der Waals surface area contributed by atoms with Crippen molar-refractivity contribution in [3.63, 3.8) is 0 Å². The maximum atomic E-state index is 12.7. The molecule has 0 aliphatic rings. The van der Waals surface area contributed by atoms with Gasteiger partial charge in [-0.25, -0.2) is 8.42 Å². The first kappa shape index (κ1) is 24.7. The van der Waals surface area contributed by atoms with Crippen molar-refractivity contribution >= 4 is 44.8 Å². The third-order valence-electron chi connectivity index (χ3n) is 4.76. The summed E-state index contributed by atoms with van der Waals surface area (Å²) in [5, 5.41) is 3.29. The molecule has 0 spiro atoms. The van der Waals surface area contributed by atoms with Gasteiger partial charge in [-0.15, -0.1) is 0 Å². The highest BCUT2D eigenvalue weighted by molar-refractivity contribution is 7.92. The molecule has 0 heterocycles. The molecule has 0 unspecified atom stereocenters. The van der Waals surface area contributed by atoms with Crippen LogP contribution in [0.3, 0.4) is 0 Å². The van der Waals surface area contributed by atoms with E-state index in [9.17, 15) is 18.0 Å². The van der Waals surface area contributed by atoms with Crippen molar-refractivity contribution in [3.8, 4) is 0 Å². The summed E-state index contributed by atoms with van der Waals surface area (Å²) in [5.74, 6) is -0.434. The van der Waals surface area contributed by atoms with Gasteiger partial charge >= 0.3 is 0 Å². The minimum absolute atomic E-state index is 0.105. The monoisotopic (exact) mass is 465 g/mol. The van der Waals surface area contributed by atoms with Crippen LogP contribution in [0, 0.1) is 0 Å². The Morgan fingerprint density at radius 1 is 1.00 bits per heavy atom. The van der Waals surface area contributed by atoms with Crippen LogP contribution >= 0.6 is 11.6 Å². The maximum Gasteiger partial charge on any atom is 0.255 e. The van der Waals surface area contributed by atoms with Gasteiger partial charge in [0.15, 0.2) is 0 Å². The lowest BCUT2D eigenvalue weighted by atomic mass is 10.1. The molecule has 0 saturated carbocycles. The molecule has 2 aromatic carbocycles. The molecule has 0 aliphatic carbocycles. The first-order chi connectivity index (χ1) is 14.7. The van der Waals surface area contributed by atoms with Crippen molar-refractivity contribution in [3.05, 3.63) is 59.1 Å². The SMILES string of the molecule is CCN(CC)C(=O)c1ccccc1NC(=O)CCCN(c1ccc(Cl)cc1)S(C)(=O)=O. The van der Waals surface area contributed by atoms with E-state index in [4.69, 9.17) is 11.6 Å². The maximum absolute atomic E-state index is 12.7. The summed E-state index contributed by atoms with van der Waals surface area (Å²) in [6, 6.07) is 13.4. The summed E-state index contributed by atoms with van der Waals surface area (Å²) < 4.78 is 25.6. The zero-order valence-corrected chi connectivity index (χ0v) is 19.5. The summed E-state index contributed by atoms with van der Waals surface area (Å²) in [6.45, 7) is 5.09. The smallest absolute Gasteiger partial charge is 0.255 e. The number of benzene rings is 2. The van der Waals surface area contributed by atoms with Crippen LogP contribution in [0.25, 0.3) is 0 Å². The van der Waals surface area contributed by atoms with Crippen LogP contribution in [0.5, 0.6) is 0 Å². The number of nitrogens with one attached hydrogen (secondary N) is 1. The van der Waals surface area contributed by atoms with Crippen molar-refractivity contribution in [2.75, 3.05) is 35.5 Å². The standard InChI is InChI=1S/C22H28ClN3O4S/c1-4-25(5-2)22(28)19-9-6-7-10-20(19)24-21(27)11-8-16-26(31(3,29)30)18-14-12-17(23)13-15-18/h6-7,9-10,12-15H,4-5,8,11,16H2,1-3H3,(H,24,27). The molecule has 0 fully saturated rings. The zero-order valence-electron chi connectivity index (χ0n) is 18.0. The van der Waals surface area contributed by atoms with Crippen LogP contribution < -0.4 is 9.62 Å². The van der Waals surface area contributed by atoms with Gasteiger partial charge in [0.1, 0.15) is 0 Å². The van der Waals surface area contributed by atoms with Crippen molar-refractivity contribution in [1.82, 2.24) is 4.90 Å². The summed E-state index contributed by atoms with van der Waals surface area (Å²) in [6.07, 6.45) is 1.54. The largest absolute Gasteiger partial charge is 0.339 e. The number of anilines is 2. The second kappa shape index (κ2) is 11.2. The van der Waals surface area contributed by atoms with Crippen LogP contribution in [0.2, 0.25) is 5.02 Å². The van der Waals surface area contributed by atoms with Crippen LogP contribution in [-0.4, -0.2) is 51.0 Å². The van der Waals surface area contributed by atoms with Gasteiger partial charge in [0.05, 0.1) is 23.2 Å². The summed E-state index contributed by atoms with van der Waals surface area (Å²) in [7, 11) is -3.51. The number of carbonyl (C=O) groups excluding carboxylic acids is 2. The number of para-hydroxylation sites is 1. The van der Waals surface area contributed by atoms with E-state index in [1.807, 2.05) is 13.8 Å². The van der Waals surface area contributed by atoms with Crippen molar-refractivity contribution < 1.29 is 18.0 Å². The van der Waals surface area contributed by atoms with Gasteiger partial charge in [0.2, 0.25) is 15.9 Å². The number of hydrogen-bond donors (Lipinski definition) is 1. The number of sulfonamides is 1. The van der Waals surface area contributed by atoms with E-state index in [0.717, 1.165) is 6.26 Å². The van der Waals surface area contributed by atoms with E-state index >= 15 is 0 Å². The summed E-state index contributed by atoms with van der Waals surface area (Å²) in [5.41, 5.74) is 1.36. The van der Waals surface area contributed by atoms with Gasteiger partial charge in [-0.2, -0.15) is 0 Å². The summed E-state index contributed by atoms with van der Waals surface area (Å²) >= 11 is 5.88. The van der Waals surface area contributed by atoms with Crippen LogP contribution in [0.15, 0.2) is 48.5 Å². The molecule has 0 atom stereocenters. The Kier molecular flexibility index (Phi) is 8.88. The Hall–Kier alpha value is -2.58. The van der Waals surface area contributed by atoms with Crippen LogP contribution in [-0.2, 0) is 14.8 Å². The molecule has 2 aromatic rings. The number of halogens is 1. The molecule has 0 bridgehead atoms. The lowest BCUT2D eigenvalue weighted by Gasteiger charge is -2.22. The Balaban J connectivity index is 2.03. The number of hydrogen-bond acceptors (Lipinski definition) is 4. The molecular weight excluding hydrogens is 438 g/mol. The minimum Gasteiger partial charge on any atom is -0.339 e. The van der Waals surface area contributed by atoms with E-state index in [1.165, 1.54) is 4.31 Å². The lowest BCUT2D eigenvalue weighted by Crippen LogP contribution is -2.32. The average Bonchev–Trinajstić information content (AvgIpc) is 2.72. The molecule has 9 heteroatoms. The topological polar surface area (TPSA) is 86.8 Å². The highest BCUT2D eigenvalue weighted by atomic mass is 35.5. The molecular formula is C22H28ClN3O4S. The average molecular weight is 466 g/mol. The van der Waals surface area contributed by atoms with Gasteiger partial charge < -0.3 is 10.2 Å². The molecule has 0 radical (unpaired) electrons. The predicted molar refractivity (Wildman–Crippen MR) is 125 cm³/mol. The van der Waals surface area contributed by atoms with E-state index in [1.54, 1.807) is 53.4 Å². The van der Waals surface area contributed by atoms with E-state index < -0.39 is 10.0 Å². The molecule has 0 saturated heterocycles. The fraction of sp³-hybridized carbons (Fsp3) is 0.364. The first-order valence-electron chi connectivity index (χ1n) is 10.1. The fourth-order valence-electron chi connectivity index (χ4n) is 3.15. The fourth-order valence-corrected chi connectivity index (χ4v) is 4.24. The molecule has 1 N–H and O–H groups in total. The third kappa shape index (κ3) is 6.97. The van der Waals surface area contributed by atoms with Crippen molar-refractivity contribution in [1.29, 1.82) is 0 Å². The number of carbonyl (C=O) groups is 2. The highest BCUT2D eigenvalue weighted by Gasteiger charge is 2.19. The van der Waals surface area contributed by atoms with E-state index in [0.29, 0.717) is 41.5 Å². The van der Waals surface area contributed by atoms with Gasteiger partial charge in [0, 0.05) is 31.1 Å². The summed E-state index contributed by atoms with van der Waals surface area (Å²) in [4.78, 5) is 26.9. The van der Waals surface area contributed by atoms with Crippen LogP contribution in [0.4, 0.5) is 11.4 Å². The quantitative estimate of drug-likeness (QED) is 0.574. The van der Waals surface area contributed by atoms with Crippen LogP contribution in [0.1, 0.15) is 37.0 Å². The second-order valence-corrected chi connectivity index (χ2v) is 9.33. The van der Waals surface area contributed by atoms with Gasteiger partial charge in [-0.3, -0.25) is 13.9 Å². The number of amides is 2. The number of rotatable bonds is 10. The molecule has 0 aliphatic heterocycles. The molecule has 168 valence electrons. The second-order valence-electron chi connectivity index (χ2n) is 6.99. The Morgan fingerprint density at radius 2 is 1.61 bits per heavy atom. The molecule has 0 aromatic heterocycles. The Morgan fingerprint density at radius 3 is 2.19 bits per heavy atom.